The van der Waals surface area contributed by atoms with E-state index in [0.717, 1.165) is 18.4 Å². The zero-order valence-electron chi connectivity index (χ0n) is 16.5. The highest BCUT2D eigenvalue weighted by Gasteiger charge is 2.23. The molecule has 4 aromatic rings. The lowest BCUT2D eigenvalue weighted by atomic mass is 10.2. The first kappa shape index (κ1) is 19.8. The number of amides is 1. The Morgan fingerprint density at radius 2 is 1.97 bits per heavy atom. The van der Waals surface area contributed by atoms with Crippen LogP contribution in [0.2, 0.25) is 5.02 Å². The first-order chi connectivity index (χ1) is 14.6. The average molecular weight is 421 g/mol. The Bertz CT molecular complexity index is 1260. The molecular formula is C22H21ClN6O. The number of benzene rings is 2. The van der Waals surface area contributed by atoms with Crippen molar-refractivity contribution in [1.82, 2.24) is 20.0 Å². The molecule has 0 saturated heterocycles. The number of hydrogen-bond acceptors (Lipinski definition) is 5. The van der Waals surface area contributed by atoms with E-state index in [1.807, 2.05) is 36.4 Å². The molecule has 152 valence electrons. The maximum Gasteiger partial charge on any atom is 0.257 e. The van der Waals surface area contributed by atoms with Gasteiger partial charge in [-0.05, 0) is 36.2 Å². The van der Waals surface area contributed by atoms with E-state index in [1.54, 1.807) is 18.3 Å². The molecule has 7 nitrogen and oxygen atoms in total. The highest BCUT2D eigenvalue weighted by Crippen LogP contribution is 2.27. The first-order valence-corrected chi connectivity index (χ1v) is 10.1. The maximum absolute atomic E-state index is 12.9. The molecule has 0 spiro atoms. The fraction of sp³-hybridized carbons (Fsp3) is 0.182. The molecule has 0 fully saturated rings. The summed E-state index contributed by atoms with van der Waals surface area (Å²) in [7, 11) is 0. The molecule has 0 bridgehead atoms. The number of carbonyl (C=O) groups is 1. The summed E-state index contributed by atoms with van der Waals surface area (Å²) in [5.41, 5.74) is 9.66. The maximum atomic E-state index is 12.9. The summed E-state index contributed by atoms with van der Waals surface area (Å²) in [4.78, 5) is 22.2. The van der Waals surface area contributed by atoms with Gasteiger partial charge in [-0.1, -0.05) is 49.2 Å². The largest absolute Gasteiger partial charge is 0.383 e. The van der Waals surface area contributed by atoms with Gasteiger partial charge in [0.1, 0.15) is 16.9 Å². The van der Waals surface area contributed by atoms with Gasteiger partial charge in [0.25, 0.3) is 5.91 Å². The monoisotopic (exact) mass is 420 g/mol. The lowest BCUT2D eigenvalue weighted by Crippen LogP contribution is -2.25. The topological polar surface area (TPSA) is 98.2 Å². The molecule has 0 aliphatic rings. The van der Waals surface area contributed by atoms with Gasteiger partial charge in [-0.15, -0.1) is 0 Å². The Morgan fingerprint density at radius 3 is 2.70 bits per heavy atom. The SMILES string of the molecule is CCCCNC(=O)c1c(N)n(N=Cc2cccc(Cl)c2)c2nc3ccccc3nc12. The van der Waals surface area contributed by atoms with Crippen LogP contribution in [0.25, 0.3) is 22.2 Å². The van der Waals surface area contributed by atoms with Crippen LogP contribution in [0.3, 0.4) is 0 Å². The van der Waals surface area contributed by atoms with Gasteiger partial charge in [-0.25, -0.2) is 9.97 Å². The Hall–Kier alpha value is -3.45. The number of hydrogen-bond donors (Lipinski definition) is 2. The van der Waals surface area contributed by atoms with Gasteiger partial charge in [0.05, 0.1) is 17.2 Å². The van der Waals surface area contributed by atoms with Crippen LogP contribution in [0.4, 0.5) is 5.82 Å². The van der Waals surface area contributed by atoms with E-state index >= 15 is 0 Å². The summed E-state index contributed by atoms with van der Waals surface area (Å²) in [6.07, 6.45) is 3.48. The zero-order valence-corrected chi connectivity index (χ0v) is 17.2. The second kappa shape index (κ2) is 8.51. The molecule has 0 aliphatic heterocycles. The van der Waals surface area contributed by atoms with E-state index in [9.17, 15) is 4.79 Å². The quantitative estimate of drug-likeness (QED) is 0.360. The fourth-order valence-corrected chi connectivity index (χ4v) is 3.37. The summed E-state index contributed by atoms with van der Waals surface area (Å²) in [6.45, 7) is 2.63. The number of aromatic nitrogens is 3. The Balaban J connectivity index is 1.86. The molecule has 0 atom stereocenters. The summed E-state index contributed by atoms with van der Waals surface area (Å²) in [5.74, 6) is -0.0974. The molecule has 1 amide bonds. The summed E-state index contributed by atoms with van der Waals surface area (Å²) in [5, 5.41) is 7.99. The van der Waals surface area contributed by atoms with Crippen molar-refractivity contribution in [3.63, 3.8) is 0 Å². The molecule has 0 radical (unpaired) electrons. The minimum Gasteiger partial charge on any atom is -0.383 e. The number of nitrogens with zero attached hydrogens (tertiary/aromatic N) is 4. The molecule has 0 aliphatic carbocycles. The summed E-state index contributed by atoms with van der Waals surface area (Å²) < 4.78 is 1.45. The van der Waals surface area contributed by atoms with Crippen LogP contribution >= 0.6 is 11.6 Å². The van der Waals surface area contributed by atoms with Crippen LogP contribution < -0.4 is 11.1 Å². The molecule has 8 heteroatoms. The van der Waals surface area contributed by atoms with Crippen LogP contribution in [0.15, 0.2) is 53.6 Å². The van der Waals surface area contributed by atoms with Gasteiger partial charge in [0, 0.05) is 11.6 Å². The molecular weight excluding hydrogens is 400 g/mol. The summed E-state index contributed by atoms with van der Waals surface area (Å²) >= 11 is 6.06. The number of nitrogen functional groups attached to an aromatic ring is 1. The molecule has 2 aromatic heterocycles. The van der Waals surface area contributed by atoms with E-state index in [1.165, 1.54) is 4.68 Å². The van der Waals surface area contributed by atoms with Gasteiger partial charge in [-0.3, -0.25) is 4.79 Å². The third-order valence-corrected chi connectivity index (χ3v) is 4.92. The molecule has 0 saturated carbocycles. The number of fused-ring (bicyclic) bond motifs is 2. The average Bonchev–Trinajstić information content (AvgIpc) is 3.01. The van der Waals surface area contributed by atoms with Crippen LogP contribution in [0.5, 0.6) is 0 Å². The molecule has 2 heterocycles. The minimum atomic E-state index is -0.285. The van der Waals surface area contributed by atoms with E-state index < -0.39 is 0 Å². The van der Waals surface area contributed by atoms with Crippen molar-refractivity contribution < 1.29 is 4.79 Å². The number of nitrogens with one attached hydrogen (secondary N) is 1. The van der Waals surface area contributed by atoms with Crippen LogP contribution in [0.1, 0.15) is 35.7 Å². The van der Waals surface area contributed by atoms with E-state index in [4.69, 9.17) is 17.3 Å². The van der Waals surface area contributed by atoms with Crippen LogP contribution in [-0.2, 0) is 0 Å². The number of carbonyl (C=O) groups excluding carboxylic acids is 1. The van der Waals surface area contributed by atoms with E-state index in [0.29, 0.717) is 33.8 Å². The lowest BCUT2D eigenvalue weighted by Gasteiger charge is -2.04. The zero-order chi connectivity index (χ0) is 21.1. The predicted molar refractivity (Wildman–Crippen MR) is 121 cm³/mol. The predicted octanol–water partition coefficient (Wildman–Crippen LogP) is 4.23. The van der Waals surface area contributed by atoms with Crippen molar-refractivity contribution in [2.75, 3.05) is 12.3 Å². The minimum absolute atomic E-state index is 0.188. The number of halogens is 1. The second-order valence-corrected chi connectivity index (χ2v) is 7.30. The molecule has 3 N–H and O–H groups in total. The Morgan fingerprint density at radius 1 is 1.20 bits per heavy atom. The molecule has 0 unspecified atom stereocenters. The number of anilines is 1. The summed E-state index contributed by atoms with van der Waals surface area (Å²) in [6, 6.07) is 14.7. The third-order valence-electron chi connectivity index (χ3n) is 4.69. The van der Waals surface area contributed by atoms with Crippen molar-refractivity contribution in [1.29, 1.82) is 0 Å². The van der Waals surface area contributed by atoms with Gasteiger partial charge in [0.2, 0.25) is 0 Å². The van der Waals surface area contributed by atoms with Gasteiger partial charge in [0.15, 0.2) is 5.65 Å². The van der Waals surface area contributed by atoms with E-state index in [2.05, 4.69) is 27.3 Å². The third kappa shape index (κ3) is 3.84. The van der Waals surface area contributed by atoms with Crippen molar-refractivity contribution in [2.24, 2.45) is 5.10 Å². The number of rotatable bonds is 6. The van der Waals surface area contributed by atoms with Gasteiger partial charge >= 0.3 is 0 Å². The van der Waals surface area contributed by atoms with Gasteiger partial charge < -0.3 is 11.1 Å². The number of unbranched alkanes of at least 4 members (excludes halogenated alkanes) is 1. The Labute approximate surface area is 178 Å². The lowest BCUT2D eigenvalue weighted by molar-refractivity contribution is 0.0955. The normalized spacial score (nSPS) is 11.5. The standard InChI is InChI=1S/C22H21ClN6O/c1-2-3-11-25-22(30)18-19-21(28-17-10-5-4-9-16(17)27-19)29(20(18)24)26-13-14-7-6-8-15(23)12-14/h4-10,12-13H,2-3,11,24H2,1H3,(H,25,30). The van der Waals surface area contributed by atoms with Crippen LogP contribution in [-0.4, -0.2) is 33.3 Å². The number of nitrogens with two attached hydrogens (primary N) is 1. The molecule has 30 heavy (non-hydrogen) atoms. The second-order valence-electron chi connectivity index (χ2n) is 6.87. The smallest absolute Gasteiger partial charge is 0.257 e. The van der Waals surface area contributed by atoms with Crippen LogP contribution in [0, 0.1) is 0 Å². The molecule has 4 rings (SSSR count). The number of para-hydroxylation sites is 2. The van der Waals surface area contributed by atoms with Crippen molar-refractivity contribution in [2.45, 2.75) is 19.8 Å². The van der Waals surface area contributed by atoms with Crippen molar-refractivity contribution >= 4 is 51.7 Å². The van der Waals surface area contributed by atoms with Crippen molar-refractivity contribution in [3.05, 3.63) is 64.7 Å². The Kier molecular flexibility index (Phi) is 5.63. The highest BCUT2D eigenvalue weighted by molar-refractivity contribution is 6.30. The molecule has 2 aromatic carbocycles. The van der Waals surface area contributed by atoms with Crippen molar-refractivity contribution in [3.8, 4) is 0 Å². The van der Waals surface area contributed by atoms with Gasteiger partial charge in [-0.2, -0.15) is 9.78 Å². The highest BCUT2D eigenvalue weighted by atomic mass is 35.5. The fourth-order valence-electron chi connectivity index (χ4n) is 3.17. The first-order valence-electron chi connectivity index (χ1n) is 9.73. The van der Waals surface area contributed by atoms with E-state index in [-0.39, 0.29) is 17.3 Å².